The molecule has 1 atom stereocenters. The number of hydrogen-bond acceptors (Lipinski definition) is 3. The molecule has 1 aliphatic rings. The highest BCUT2D eigenvalue weighted by Gasteiger charge is 2.20. The zero-order valence-corrected chi connectivity index (χ0v) is 12.3. The van der Waals surface area contributed by atoms with E-state index in [9.17, 15) is 0 Å². The summed E-state index contributed by atoms with van der Waals surface area (Å²) in [5.41, 5.74) is 2.27. The highest BCUT2D eigenvalue weighted by atomic mass is 35.5. The number of nitrogens with zero attached hydrogens (tertiary/aromatic N) is 2. The zero-order valence-electron chi connectivity index (χ0n) is 11.5. The number of hydrogen-bond donors (Lipinski definition) is 0. The lowest BCUT2D eigenvalue weighted by molar-refractivity contribution is 0.207. The lowest BCUT2D eigenvalue weighted by Gasteiger charge is -2.14. The summed E-state index contributed by atoms with van der Waals surface area (Å²) in [6.07, 6.45) is 5.05. The Hall–Kier alpha value is -1.58. The molecule has 0 spiro atoms. The minimum atomic E-state index is 0. The van der Waals surface area contributed by atoms with Crippen molar-refractivity contribution in [3.05, 3.63) is 48.8 Å². The Morgan fingerprint density at radius 1 is 1.15 bits per heavy atom. The number of benzene rings is 1. The molecule has 0 aliphatic carbocycles. The van der Waals surface area contributed by atoms with Crippen LogP contribution in [0.1, 0.15) is 6.42 Å². The van der Waals surface area contributed by atoms with Crippen molar-refractivity contribution in [2.45, 2.75) is 12.5 Å². The summed E-state index contributed by atoms with van der Waals surface area (Å²) >= 11 is 0. The predicted molar refractivity (Wildman–Crippen MR) is 83.5 cm³/mol. The van der Waals surface area contributed by atoms with Gasteiger partial charge in [-0.25, -0.2) is 0 Å². The van der Waals surface area contributed by atoms with Gasteiger partial charge in [0.05, 0.1) is 6.20 Å². The second-order valence-corrected chi connectivity index (χ2v) is 5.07. The van der Waals surface area contributed by atoms with Gasteiger partial charge in [0.15, 0.2) is 0 Å². The van der Waals surface area contributed by atoms with Gasteiger partial charge >= 0.3 is 0 Å². The van der Waals surface area contributed by atoms with Crippen LogP contribution in [-0.4, -0.2) is 36.1 Å². The molecule has 3 rings (SSSR count). The Balaban J connectivity index is 0.00000147. The molecule has 3 nitrogen and oxygen atoms in total. The predicted octanol–water partition coefficient (Wildman–Crippen LogP) is 3.25. The Labute approximate surface area is 126 Å². The molecule has 1 aliphatic heterocycles. The maximum Gasteiger partial charge on any atom is 0.138 e. The van der Waals surface area contributed by atoms with Gasteiger partial charge in [0.25, 0.3) is 0 Å². The van der Waals surface area contributed by atoms with E-state index in [2.05, 4.69) is 35.1 Å². The summed E-state index contributed by atoms with van der Waals surface area (Å²) in [7, 11) is 2.13. The number of likely N-dealkylation sites (N-methyl/N-ethyl adjacent to an activating group) is 1. The number of rotatable bonds is 3. The van der Waals surface area contributed by atoms with Crippen molar-refractivity contribution in [1.29, 1.82) is 0 Å². The van der Waals surface area contributed by atoms with Gasteiger partial charge in [0, 0.05) is 24.8 Å². The molecule has 0 unspecified atom stereocenters. The number of likely N-dealkylation sites (tertiary alicyclic amines) is 1. The SMILES string of the molecule is CN1CC[C@H](Oc2cncc(-c3ccccc3)c2)C1.Cl. The van der Waals surface area contributed by atoms with E-state index >= 15 is 0 Å². The van der Waals surface area contributed by atoms with Gasteiger partial charge in [-0.1, -0.05) is 30.3 Å². The topological polar surface area (TPSA) is 25.4 Å². The van der Waals surface area contributed by atoms with Gasteiger partial charge in [-0.15, -0.1) is 12.4 Å². The second-order valence-electron chi connectivity index (χ2n) is 5.07. The van der Waals surface area contributed by atoms with E-state index in [0.717, 1.165) is 30.8 Å². The molecule has 0 amide bonds. The Morgan fingerprint density at radius 2 is 1.95 bits per heavy atom. The monoisotopic (exact) mass is 290 g/mol. The summed E-state index contributed by atoms with van der Waals surface area (Å²) in [6, 6.07) is 12.3. The van der Waals surface area contributed by atoms with Crippen LogP contribution < -0.4 is 4.74 Å². The quantitative estimate of drug-likeness (QED) is 0.868. The van der Waals surface area contributed by atoms with Gasteiger partial charge in [-0.3, -0.25) is 4.98 Å². The standard InChI is InChI=1S/C16H18N2O.ClH/c1-18-8-7-15(12-18)19-16-9-14(10-17-11-16)13-5-3-2-4-6-13;/h2-6,9-11,15H,7-8,12H2,1H3;1H/t15-;/m0./s1. The summed E-state index contributed by atoms with van der Waals surface area (Å²) < 4.78 is 6.00. The first-order chi connectivity index (χ1) is 9.31. The van der Waals surface area contributed by atoms with Crippen molar-refractivity contribution in [3.63, 3.8) is 0 Å². The molecule has 1 aromatic heterocycles. The van der Waals surface area contributed by atoms with Crippen LogP contribution in [-0.2, 0) is 0 Å². The molecular weight excluding hydrogens is 272 g/mol. The van der Waals surface area contributed by atoms with E-state index in [0.29, 0.717) is 0 Å². The van der Waals surface area contributed by atoms with Crippen LogP contribution in [0.2, 0.25) is 0 Å². The number of ether oxygens (including phenoxy) is 1. The van der Waals surface area contributed by atoms with Crippen molar-refractivity contribution in [1.82, 2.24) is 9.88 Å². The molecule has 2 aromatic rings. The molecule has 106 valence electrons. The molecule has 4 heteroatoms. The minimum absolute atomic E-state index is 0. The van der Waals surface area contributed by atoms with Crippen LogP contribution in [0.5, 0.6) is 5.75 Å². The fraction of sp³-hybridized carbons (Fsp3) is 0.312. The van der Waals surface area contributed by atoms with Crippen LogP contribution in [0.15, 0.2) is 48.8 Å². The lowest BCUT2D eigenvalue weighted by atomic mass is 10.1. The van der Waals surface area contributed by atoms with Crippen molar-refractivity contribution in [2.75, 3.05) is 20.1 Å². The summed E-state index contributed by atoms with van der Waals surface area (Å²) in [5, 5.41) is 0. The molecule has 1 aromatic carbocycles. The molecule has 0 bridgehead atoms. The molecular formula is C16H19ClN2O. The van der Waals surface area contributed by atoms with E-state index in [1.807, 2.05) is 24.4 Å². The largest absolute Gasteiger partial charge is 0.487 e. The second kappa shape index (κ2) is 6.73. The third kappa shape index (κ3) is 3.50. The van der Waals surface area contributed by atoms with Crippen LogP contribution in [0, 0.1) is 0 Å². The van der Waals surface area contributed by atoms with Crippen molar-refractivity contribution < 1.29 is 4.74 Å². The van der Waals surface area contributed by atoms with E-state index in [-0.39, 0.29) is 18.5 Å². The average Bonchev–Trinajstić information content (AvgIpc) is 2.85. The first kappa shape index (κ1) is 14.8. The van der Waals surface area contributed by atoms with Crippen LogP contribution in [0.3, 0.4) is 0 Å². The lowest BCUT2D eigenvalue weighted by Crippen LogP contribution is -2.21. The average molecular weight is 291 g/mol. The van der Waals surface area contributed by atoms with Gasteiger partial charge in [0.1, 0.15) is 11.9 Å². The number of pyridine rings is 1. The summed E-state index contributed by atoms with van der Waals surface area (Å²) in [6.45, 7) is 2.10. The first-order valence-electron chi connectivity index (χ1n) is 6.67. The van der Waals surface area contributed by atoms with Gasteiger partial charge in [-0.2, -0.15) is 0 Å². The van der Waals surface area contributed by atoms with Crippen LogP contribution in [0.25, 0.3) is 11.1 Å². The Morgan fingerprint density at radius 3 is 2.65 bits per heavy atom. The molecule has 20 heavy (non-hydrogen) atoms. The van der Waals surface area contributed by atoms with E-state index in [1.165, 1.54) is 5.56 Å². The normalized spacial score (nSPS) is 18.6. The molecule has 2 heterocycles. The van der Waals surface area contributed by atoms with E-state index in [1.54, 1.807) is 6.20 Å². The molecule has 0 N–H and O–H groups in total. The van der Waals surface area contributed by atoms with Gasteiger partial charge < -0.3 is 9.64 Å². The van der Waals surface area contributed by atoms with Crippen molar-refractivity contribution in [3.8, 4) is 16.9 Å². The fourth-order valence-corrected chi connectivity index (χ4v) is 2.45. The fourth-order valence-electron chi connectivity index (χ4n) is 2.45. The highest BCUT2D eigenvalue weighted by Crippen LogP contribution is 2.24. The third-order valence-electron chi connectivity index (χ3n) is 3.47. The zero-order chi connectivity index (χ0) is 13.1. The third-order valence-corrected chi connectivity index (χ3v) is 3.47. The van der Waals surface area contributed by atoms with Crippen molar-refractivity contribution >= 4 is 12.4 Å². The molecule has 1 saturated heterocycles. The summed E-state index contributed by atoms with van der Waals surface area (Å²) in [4.78, 5) is 6.57. The van der Waals surface area contributed by atoms with Gasteiger partial charge in [-0.05, 0) is 25.1 Å². The van der Waals surface area contributed by atoms with E-state index in [4.69, 9.17) is 4.74 Å². The molecule has 0 radical (unpaired) electrons. The van der Waals surface area contributed by atoms with Gasteiger partial charge in [0.2, 0.25) is 0 Å². The number of halogens is 1. The smallest absolute Gasteiger partial charge is 0.138 e. The highest BCUT2D eigenvalue weighted by molar-refractivity contribution is 5.85. The number of aromatic nitrogens is 1. The van der Waals surface area contributed by atoms with Crippen molar-refractivity contribution in [2.24, 2.45) is 0 Å². The first-order valence-corrected chi connectivity index (χ1v) is 6.67. The Kier molecular flexibility index (Phi) is 4.99. The minimum Gasteiger partial charge on any atom is -0.487 e. The molecule has 0 saturated carbocycles. The van der Waals surface area contributed by atoms with Crippen LogP contribution >= 0.6 is 12.4 Å². The summed E-state index contributed by atoms with van der Waals surface area (Å²) in [5.74, 6) is 0.863. The van der Waals surface area contributed by atoms with E-state index < -0.39 is 0 Å². The molecule has 1 fully saturated rings. The van der Waals surface area contributed by atoms with Crippen LogP contribution in [0.4, 0.5) is 0 Å². The maximum atomic E-state index is 6.00. The maximum absolute atomic E-state index is 6.00. The Bertz CT molecular complexity index is 547.